The predicted molar refractivity (Wildman–Crippen MR) is 57.5 cm³/mol. The Morgan fingerprint density at radius 2 is 2.27 bits per heavy atom. The van der Waals surface area contributed by atoms with E-state index in [0.717, 1.165) is 5.03 Å². The van der Waals surface area contributed by atoms with Crippen LogP contribution in [0.3, 0.4) is 0 Å². The third-order valence-corrected chi connectivity index (χ3v) is 2.86. The number of nitrogens with zero attached hydrogens (tertiary/aromatic N) is 3. The fraction of sp³-hybridized carbons (Fsp3) is 0.300. The summed E-state index contributed by atoms with van der Waals surface area (Å²) in [5, 5.41) is 4.84. The van der Waals surface area contributed by atoms with Gasteiger partial charge in [0, 0.05) is 6.20 Å². The number of aromatic nitrogens is 3. The van der Waals surface area contributed by atoms with Gasteiger partial charge in [-0.1, -0.05) is 23.0 Å². The summed E-state index contributed by atoms with van der Waals surface area (Å²) in [7, 11) is 0. The van der Waals surface area contributed by atoms with Crippen LogP contribution in [0.5, 0.6) is 0 Å². The van der Waals surface area contributed by atoms with Crippen molar-refractivity contribution < 1.29 is 4.52 Å². The number of rotatable bonds is 3. The molecule has 0 amide bonds. The average Bonchev–Trinajstić information content (AvgIpc) is 2.66. The first kappa shape index (κ1) is 10.2. The van der Waals surface area contributed by atoms with Gasteiger partial charge in [0.1, 0.15) is 0 Å². The average molecular weight is 221 g/mol. The van der Waals surface area contributed by atoms with Crippen molar-refractivity contribution in [2.24, 2.45) is 0 Å². The predicted octanol–water partition coefficient (Wildman–Crippen LogP) is 2.63. The van der Waals surface area contributed by atoms with Crippen LogP contribution in [0.2, 0.25) is 0 Å². The highest BCUT2D eigenvalue weighted by Crippen LogP contribution is 2.32. The molecule has 2 rings (SSSR count). The van der Waals surface area contributed by atoms with Crippen molar-refractivity contribution in [2.45, 2.75) is 24.1 Å². The lowest BCUT2D eigenvalue weighted by Crippen LogP contribution is -1.89. The lowest BCUT2D eigenvalue weighted by atomic mass is 10.5. The first-order valence-electron chi connectivity index (χ1n) is 4.63. The zero-order chi connectivity index (χ0) is 10.7. The Kier molecular flexibility index (Phi) is 3.01. The SMILES string of the molecule is Cc1noc([C@@H](C)Sc2ccccn2)n1. The van der Waals surface area contributed by atoms with E-state index in [1.807, 2.05) is 32.0 Å². The molecule has 0 fully saturated rings. The molecule has 0 aliphatic rings. The van der Waals surface area contributed by atoms with E-state index in [1.165, 1.54) is 0 Å². The molecule has 0 saturated carbocycles. The molecule has 5 heteroatoms. The molecule has 78 valence electrons. The molecule has 0 unspecified atom stereocenters. The number of aryl methyl sites for hydroxylation is 1. The quantitative estimate of drug-likeness (QED) is 0.746. The highest BCUT2D eigenvalue weighted by molar-refractivity contribution is 7.99. The van der Waals surface area contributed by atoms with Crippen molar-refractivity contribution in [2.75, 3.05) is 0 Å². The standard InChI is InChI=1S/C10H11N3OS/c1-7(10-12-8(2)13-14-10)15-9-5-3-4-6-11-9/h3-7H,1-2H3/t7-/m1/s1. The first-order chi connectivity index (χ1) is 7.25. The van der Waals surface area contributed by atoms with Crippen molar-refractivity contribution in [1.29, 1.82) is 0 Å². The van der Waals surface area contributed by atoms with Crippen LogP contribution in [-0.2, 0) is 0 Å². The second-order valence-corrected chi connectivity index (χ2v) is 4.47. The van der Waals surface area contributed by atoms with Crippen molar-refractivity contribution >= 4 is 11.8 Å². The molecule has 0 aliphatic heterocycles. The summed E-state index contributed by atoms with van der Waals surface area (Å²) in [4.78, 5) is 8.40. The van der Waals surface area contributed by atoms with Gasteiger partial charge >= 0.3 is 0 Å². The second-order valence-electron chi connectivity index (χ2n) is 3.11. The van der Waals surface area contributed by atoms with Crippen LogP contribution >= 0.6 is 11.8 Å². The molecular formula is C10H11N3OS. The minimum atomic E-state index is 0.126. The van der Waals surface area contributed by atoms with E-state index in [0.29, 0.717) is 11.7 Å². The van der Waals surface area contributed by atoms with Crippen LogP contribution in [-0.4, -0.2) is 15.1 Å². The van der Waals surface area contributed by atoms with E-state index in [1.54, 1.807) is 18.0 Å². The summed E-state index contributed by atoms with van der Waals surface area (Å²) in [6.45, 7) is 3.83. The smallest absolute Gasteiger partial charge is 0.239 e. The van der Waals surface area contributed by atoms with Crippen molar-refractivity contribution in [1.82, 2.24) is 15.1 Å². The fourth-order valence-corrected chi connectivity index (χ4v) is 1.96. The molecule has 0 saturated heterocycles. The van der Waals surface area contributed by atoms with E-state index < -0.39 is 0 Å². The summed E-state index contributed by atoms with van der Waals surface area (Å²) >= 11 is 1.60. The van der Waals surface area contributed by atoms with Gasteiger partial charge in [-0.05, 0) is 26.0 Å². The van der Waals surface area contributed by atoms with E-state index in [-0.39, 0.29) is 5.25 Å². The minimum absolute atomic E-state index is 0.126. The molecule has 2 heterocycles. The topological polar surface area (TPSA) is 51.8 Å². The van der Waals surface area contributed by atoms with E-state index in [4.69, 9.17) is 4.52 Å². The molecular weight excluding hydrogens is 210 g/mol. The lowest BCUT2D eigenvalue weighted by molar-refractivity contribution is 0.376. The zero-order valence-corrected chi connectivity index (χ0v) is 9.36. The number of hydrogen-bond acceptors (Lipinski definition) is 5. The van der Waals surface area contributed by atoms with Crippen LogP contribution in [0, 0.1) is 6.92 Å². The Hall–Kier alpha value is -1.36. The van der Waals surface area contributed by atoms with Crippen LogP contribution < -0.4 is 0 Å². The maximum absolute atomic E-state index is 5.09. The summed E-state index contributed by atoms with van der Waals surface area (Å²) in [6, 6.07) is 5.82. The Morgan fingerprint density at radius 1 is 1.40 bits per heavy atom. The first-order valence-corrected chi connectivity index (χ1v) is 5.51. The van der Waals surface area contributed by atoms with Gasteiger partial charge in [0.15, 0.2) is 5.82 Å². The summed E-state index contributed by atoms with van der Waals surface area (Å²) in [5.74, 6) is 1.31. The van der Waals surface area contributed by atoms with Gasteiger partial charge in [-0.3, -0.25) is 0 Å². The minimum Gasteiger partial charge on any atom is -0.338 e. The molecule has 0 N–H and O–H groups in total. The third kappa shape index (κ3) is 2.56. The van der Waals surface area contributed by atoms with Crippen LogP contribution in [0.4, 0.5) is 0 Å². The Balaban J connectivity index is 2.07. The van der Waals surface area contributed by atoms with Gasteiger partial charge in [0.25, 0.3) is 0 Å². The Bertz CT molecular complexity index is 429. The summed E-state index contributed by atoms with van der Waals surface area (Å²) in [6.07, 6.45) is 1.77. The molecule has 0 spiro atoms. The van der Waals surface area contributed by atoms with E-state index in [9.17, 15) is 0 Å². The summed E-state index contributed by atoms with van der Waals surface area (Å²) in [5.41, 5.74) is 0. The van der Waals surface area contributed by atoms with Gasteiger partial charge in [0.05, 0.1) is 10.3 Å². The molecule has 0 aliphatic carbocycles. The van der Waals surface area contributed by atoms with Gasteiger partial charge in [-0.15, -0.1) is 0 Å². The zero-order valence-electron chi connectivity index (χ0n) is 8.54. The van der Waals surface area contributed by atoms with Gasteiger partial charge < -0.3 is 4.52 Å². The second kappa shape index (κ2) is 4.44. The summed E-state index contributed by atoms with van der Waals surface area (Å²) < 4.78 is 5.09. The molecule has 4 nitrogen and oxygen atoms in total. The molecule has 2 aromatic rings. The van der Waals surface area contributed by atoms with Gasteiger partial charge in [-0.2, -0.15) is 4.98 Å². The monoisotopic (exact) mass is 221 g/mol. The number of pyridine rings is 1. The van der Waals surface area contributed by atoms with Gasteiger partial charge in [0.2, 0.25) is 5.89 Å². The molecule has 0 bridgehead atoms. The Labute approximate surface area is 92.1 Å². The van der Waals surface area contributed by atoms with E-state index in [2.05, 4.69) is 15.1 Å². The van der Waals surface area contributed by atoms with Crippen LogP contribution in [0.1, 0.15) is 23.9 Å². The van der Waals surface area contributed by atoms with Crippen LogP contribution in [0.15, 0.2) is 33.9 Å². The fourth-order valence-electron chi connectivity index (χ4n) is 1.13. The van der Waals surface area contributed by atoms with E-state index >= 15 is 0 Å². The normalized spacial score (nSPS) is 12.7. The number of thioether (sulfide) groups is 1. The largest absolute Gasteiger partial charge is 0.338 e. The molecule has 2 aromatic heterocycles. The maximum Gasteiger partial charge on any atom is 0.239 e. The number of hydrogen-bond donors (Lipinski definition) is 0. The highest BCUT2D eigenvalue weighted by atomic mass is 32.2. The molecule has 15 heavy (non-hydrogen) atoms. The highest BCUT2D eigenvalue weighted by Gasteiger charge is 2.14. The molecule has 1 atom stereocenters. The van der Waals surface area contributed by atoms with Crippen molar-refractivity contribution in [3.8, 4) is 0 Å². The molecule has 0 radical (unpaired) electrons. The maximum atomic E-state index is 5.09. The Morgan fingerprint density at radius 3 is 2.87 bits per heavy atom. The van der Waals surface area contributed by atoms with Crippen LogP contribution in [0.25, 0.3) is 0 Å². The van der Waals surface area contributed by atoms with Crippen molar-refractivity contribution in [3.63, 3.8) is 0 Å². The lowest BCUT2D eigenvalue weighted by Gasteiger charge is -2.04. The third-order valence-electron chi connectivity index (χ3n) is 1.83. The van der Waals surface area contributed by atoms with Crippen molar-refractivity contribution in [3.05, 3.63) is 36.1 Å². The molecule has 0 aromatic carbocycles. The van der Waals surface area contributed by atoms with Gasteiger partial charge in [-0.25, -0.2) is 4.98 Å².